The minimum absolute atomic E-state index is 0.0832. The topological polar surface area (TPSA) is 172 Å². The maximum Gasteiger partial charge on any atom is 0.405 e. The first kappa shape index (κ1) is 25.7. The molecule has 1 saturated heterocycles. The lowest BCUT2D eigenvalue weighted by molar-refractivity contribution is -0.150. The van der Waals surface area contributed by atoms with E-state index in [9.17, 15) is 14.4 Å². The van der Waals surface area contributed by atoms with Crippen LogP contribution < -0.4 is 11.1 Å². The van der Waals surface area contributed by atoms with Crippen LogP contribution >= 0.6 is 0 Å². The van der Waals surface area contributed by atoms with Gasteiger partial charge in [0.2, 0.25) is 5.91 Å². The molecule has 3 fully saturated rings. The summed E-state index contributed by atoms with van der Waals surface area (Å²) in [6.07, 6.45) is 4.04. The van der Waals surface area contributed by atoms with Crippen molar-refractivity contribution in [3.8, 4) is 0 Å². The zero-order valence-electron chi connectivity index (χ0n) is 20.8. The second-order valence-electron chi connectivity index (χ2n) is 10.4. The summed E-state index contributed by atoms with van der Waals surface area (Å²) in [6.45, 7) is 6.13. The summed E-state index contributed by atoms with van der Waals surface area (Å²) in [5.74, 6) is 0.493. The summed E-state index contributed by atoms with van der Waals surface area (Å²) in [7, 11) is 0. The van der Waals surface area contributed by atoms with E-state index in [2.05, 4.69) is 32.3 Å². The Balaban J connectivity index is 0.000000325. The Morgan fingerprint density at radius 3 is 2.56 bits per heavy atom. The van der Waals surface area contributed by atoms with Gasteiger partial charge in [-0.2, -0.15) is 5.10 Å². The van der Waals surface area contributed by atoms with Crippen LogP contribution in [-0.4, -0.2) is 51.6 Å². The lowest BCUT2D eigenvalue weighted by Gasteiger charge is -2.12. The fourth-order valence-corrected chi connectivity index (χ4v) is 3.79. The zero-order valence-corrected chi connectivity index (χ0v) is 20.8. The average molecular weight is 504 g/mol. The van der Waals surface area contributed by atoms with E-state index < -0.39 is 6.09 Å². The summed E-state index contributed by atoms with van der Waals surface area (Å²) >= 11 is 0. The van der Waals surface area contributed by atoms with Gasteiger partial charge in [-0.1, -0.05) is 12.1 Å². The molecule has 2 amide bonds. The van der Waals surface area contributed by atoms with Gasteiger partial charge in [-0.05, 0) is 44.9 Å². The highest BCUT2D eigenvalue weighted by atomic mass is 16.6. The number of H-pyrrole nitrogens is 1. The lowest BCUT2D eigenvalue weighted by Crippen LogP contribution is -2.20. The summed E-state index contributed by atoms with van der Waals surface area (Å²) in [5.41, 5.74) is 6.15. The van der Waals surface area contributed by atoms with Crippen LogP contribution in [0.25, 0.3) is 0 Å². The predicted molar refractivity (Wildman–Crippen MR) is 126 cm³/mol. The molecule has 3 heterocycles. The number of carbonyl (C=O) groups is 3. The van der Waals surface area contributed by atoms with Crippen molar-refractivity contribution in [2.75, 3.05) is 11.9 Å². The number of aromatic nitrogens is 3. The molecule has 12 heteroatoms. The predicted octanol–water partition coefficient (Wildman–Crippen LogP) is 3.08. The molecule has 2 aromatic heterocycles. The Labute approximate surface area is 208 Å². The number of hydrogen-bond donors (Lipinski definition) is 3. The monoisotopic (exact) mass is 503 g/mol. The van der Waals surface area contributed by atoms with Gasteiger partial charge in [-0.3, -0.25) is 14.7 Å². The van der Waals surface area contributed by atoms with E-state index >= 15 is 0 Å². The number of nitrogens with two attached hydrogens (primary N) is 1. The van der Waals surface area contributed by atoms with Gasteiger partial charge in [0, 0.05) is 18.6 Å². The third-order valence-corrected chi connectivity index (χ3v) is 6.46. The number of nitrogens with one attached hydrogen (secondary N) is 2. The largest absolute Gasteiger partial charge is 0.460 e. The summed E-state index contributed by atoms with van der Waals surface area (Å²) < 4.78 is 21.0. The number of amides is 2. The first-order valence-electron chi connectivity index (χ1n) is 12.1. The molecule has 2 aliphatic carbocycles. The molecule has 2 saturated carbocycles. The number of anilines is 1. The Kier molecular flexibility index (Phi) is 7.34. The number of rotatable bonds is 8. The minimum atomic E-state index is -0.662. The number of ether oxygens (including phenoxy) is 3. The molecular weight excluding hydrogens is 470 g/mol. The third kappa shape index (κ3) is 7.54. The van der Waals surface area contributed by atoms with Crippen LogP contribution in [0.5, 0.6) is 0 Å². The van der Waals surface area contributed by atoms with Gasteiger partial charge in [0.25, 0.3) is 0 Å². The highest BCUT2D eigenvalue weighted by Gasteiger charge is 2.41. The van der Waals surface area contributed by atoms with E-state index in [-0.39, 0.29) is 41.5 Å². The van der Waals surface area contributed by atoms with Crippen LogP contribution in [0.1, 0.15) is 75.6 Å². The van der Waals surface area contributed by atoms with E-state index in [1.54, 1.807) is 19.1 Å². The molecule has 2 aromatic rings. The van der Waals surface area contributed by atoms with Crippen LogP contribution in [-0.2, 0) is 30.2 Å². The van der Waals surface area contributed by atoms with Crippen LogP contribution in [0.3, 0.4) is 0 Å². The van der Waals surface area contributed by atoms with Crippen LogP contribution in [0, 0.1) is 12.3 Å². The average Bonchev–Trinajstić information content (AvgIpc) is 3.42. The quantitative estimate of drug-likeness (QED) is 0.458. The van der Waals surface area contributed by atoms with Gasteiger partial charge in [0.1, 0.15) is 23.6 Å². The fraction of sp³-hybridized carbons (Fsp3) is 0.625. The fourth-order valence-electron chi connectivity index (χ4n) is 3.79. The Hall–Kier alpha value is -3.41. The molecule has 0 unspecified atom stereocenters. The maximum absolute atomic E-state index is 12.1. The van der Waals surface area contributed by atoms with Gasteiger partial charge in [-0.15, -0.1) is 0 Å². The molecule has 196 valence electrons. The molecule has 3 aliphatic rings. The van der Waals surface area contributed by atoms with Crippen LogP contribution in [0.4, 0.5) is 10.6 Å². The zero-order chi connectivity index (χ0) is 25.9. The van der Waals surface area contributed by atoms with Crippen LogP contribution in [0.2, 0.25) is 0 Å². The van der Waals surface area contributed by atoms with E-state index in [4.69, 9.17) is 19.7 Å². The number of nitrogens with zero attached hydrogens (tertiary/aromatic N) is 2. The van der Waals surface area contributed by atoms with Gasteiger partial charge in [0.15, 0.2) is 5.82 Å². The van der Waals surface area contributed by atoms with Gasteiger partial charge in [0.05, 0.1) is 30.8 Å². The second-order valence-corrected chi connectivity index (χ2v) is 10.4. The number of carbonyl (C=O) groups excluding carboxylic acids is 3. The molecule has 0 aromatic carbocycles. The number of primary amides is 1. The maximum atomic E-state index is 12.1. The third-order valence-electron chi connectivity index (χ3n) is 6.46. The number of esters is 1. The molecular formula is C24H33N5O7. The molecule has 2 atom stereocenters. The summed E-state index contributed by atoms with van der Waals surface area (Å²) in [6, 6.07) is 3.44. The standard InChI is InChI=1S/C19H24N4O5.C5H9NO2/c1-11-5-12(28-23-11)7-17(24)20-16-8-14(21-22-16)15-6-13(10-26-15)27-18(25)9-19(2)3-4-19;1-5(2-3-5)8-4(6)7/h5,8,13,15H,3-4,6-7,9-10H2,1-2H3,(H2,20,21,22,24);2-3H2,1H3,(H2,6,7)/t13-,15-;/m1./s1. The molecule has 0 spiro atoms. The van der Waals surface area contributed by atoms with Gasteiger partial charge in [-0.25, -0.2) is 4.79 Å². The molecule has 4 N–H and O–H groups in total. The second kappa shape index (κ2) is 10.3. The van der Waals surface area contributed by atoms with E-state index in [1.165, 1.54) is 0 Å². The van der Waals surface area contributed by atoms with Gasteiger partial charge >= 0.3 is 12.1 Å². The van der Waals surface area contributed by atoms with Crippen molar-refractivity contribution >= 4 is 23.8 Å². The number of aromatic amines is 1. The van der Waals surface area contributed by atoms with Crippen molar-refractivity contribution in [1.29, 1.82) is 0 Å². The van der Waals surface area contributed by atoms with E-state index in [1.807, 2.05) is 6.92 Å². The van der Waals surface area contributed by atoms with Crippen LogP contribution in [0.15, 0.2) is 16.7 Å². The van der Waals surface area contributed by atoms with Crippen molar-refractivity contribution in [3.05, 3.63) is 29.3 Å². The lowest BCUT2D eigenvalue weighted by atomic mass is 10.1. The summed E-state index contributed by atoms with van der Waals surface area (Å²) in [5, 5.41) is 13.4. The highest BCUT2D eigenvalue weighted by molar-refractivity contribution is 5.91. The van der Waals surface area contributed by atoms with E-state index in [0.717, 1.165) is 37.1 Å². The number of hydrogen-bond acceptors (Lipinski definition) is 9. The molecule has 0 bridgehead atoms. The molecule has 36 heavy (non-hydrogen) atoms. The van der Waals surface area contributed by atoms with Crippen molar-refractivity contribution < 1.29 is 33.1 Å². The Bertz CT molecular complexity index is 1100. The first-order valence-corrected chi connectivity index (χ1v) is 12.1. The summed E-state index contributed by atoms with van der Waals surface area (Å²) in [4.78, 5) is 34.1. The van der Waals surface area contributed by atoms with Crippen molar-refractivity contribution in [3.63, 3.8) is 0 Å². The smallest absolute Gasteiger partial charge is 0.405 e. The van der Waals surface area contributed by atoms with E-state index in [0.29, 0.717) is 31.0 Å². The number of aryl methyl sites for hydroxylation is 1. The van der Waals surface area contributed by atoms with Crippen molar-refractivity contribution in [2.24, 2.45) is 11.1 Å². The Morgan fingerprint density at radius 2 is 1.97 bits per heavy atom. The molecule has 5 rings (SSSR count). The van der Waals surface area contributed by atoms with Gasteiger partial charge < -0.3 is 29.8 Å². The van der Waals surface area contributed by atoms with Crippen molar-refractivity contribution in [1.82, 2.24) is 15.4 Å². The molecule has 1 aliphatic heterocycles. The van der Waals surface area contributed by atoms with Crippen molar-refractivity contribution in [2.45, 2.75) is 83.5 Å². The normalized spacial score (nSPS) is 22.6. The Morgan fingerprint density at radius 1 is 1.22 bits per heavy atom. The first-order chi connectivity index (χ1) is 17.0. The molecule has 12 nitrogen and oxygen atoms in total. The SMILES string of the molecule is CC1(OC(N)=O)CC1.Cc1cc(CC(=O)Nc2cc([C@H]3C[C@@H](OC(=O)CC4(C)CC4)CO3)[nH]n2)on1. The highest BCUT2D eigenvalue weighted by Crippen LogP contribution is 2.48. The molecule has 0 radical (unpaired) electrons. The minimum Gasteiger partial charge on any atom is -0.460 e.